The Bertz CT molecular complexity index is 594. The zero-order chi connectivity index (χ0) is 24.9. The van der Waals surface area contributed by atoms with E-state index >= 15 is 0 Å². The molecule has 3 atom stereocenters. The predicted octanol–water partition coefficient (Wildman–Crippen LogP) is 4.54. The van der Waals surface area contributed by atoms with Crippen LogP contribution in [0.3, 0.4) is 0 Å². The fourth-order valence-corrected chi connectivity index (χ4v) is 4.00. The molecule has 3 N–H and O–H groups in total. The molecule has 0 radical (unpaired) electrons. The van der Waals surface area contributed by atoms with E-state index in [9.17, 15) is 14.7 Å². The lowest BCUT2D eigenvalue weighted by Gasteiger charge is -2.35. The van der Waals surface area contributed by atoms with Gasteiger partial charge in [-0.05, 0) is 57.4 Å². The largest absolute Gasteiger partial charge is 0.394 e. The number of hydrogen-bond acceptors (Lipinski definition) is 5. The van der Waals surface area contributed by atoms with Crippen LogP contribution >= 0.6 is 0 Å². The molecule has 0 aromatic heterocycles. The second-order valence-electron chi connectivity index (χ2n) is 9.08. The number of unbranched alkanes of at least 4 members (excludes halogenated alkanes) is 10. The molecule has 34 heavy (non-hydrogen) atoms. The first-order valence-electron chi connectivity index (χ1n) is 13.3. The van der Waals surface area contributed by atoms with Gasteiger partial charge < -0.3 is 25.2 Å². The molecule has 0 aromatic carbocycles. The van der Waals surface area contributed by atoms with Crippen LogP contribution in [0.5, 0.6) is 0 Å². The number of carbonyl (C=O) groups is 2. The third kappa shape index (κ3) is 15.3. The Labute approximate surface area is 206 Å². The van der Waals surface area contributed by atoms with Gasteiger partial charge in [-0.15, -0.1) is 0 Å². The minimum atomic E-state index is -0.595. The summed E-state index contributed by atoms with van der Waals surface area (Å²) in [5.41, 5.74) is 0. The molecule has 7 nitrogen and oxygen atoms in total. The minimum absolute atomic E-state index is 0.0696. The topological polar surface area (TPSA) is 96.9 Å². The number of methoxy groups -OCH3 is 1. The lowest BCUT2D eigenvalue weighted by Crippen LogP contribution is -2.52. The number of ether oxygens (including phenoxy) is 2. The Morgan fingerprint density at radius 2 is 1.56 bits per heavy atom. The van der Waals surface area contributed by atoms with E-state index < -0.39 is 6.29 Å². The molecule has 1 fully saturated rings. The summed E-state index contributed by atoms with van der Waals surface area (Å²) in [6, 6.07) is -0.292. The van der Waals surface area contributed by atoms with Crippen molar-refractivity contribution in [2.45, 2.75) is 115 Å². The van der Waals surface area contributed by atoms with Crippen molar-refractivity contribution in [2.24, 2.45) is 0 Å². The third-order valence-electron chi connectivity index (χ3n) is 6.06. The van der Waals surface area contributed by atoms with E-state index in [0.29, 0.717) is 12.8 Å². The summed E-state index contributed by atoms with van der Waals surface area (Å²) in [5.74, 6) is -0.550. The quantitative estimate of drug-likeness (QED) is 0.143. The maximum atomic E-state index is 12.1. The van der Waals surface area contributed by atoms with Crippen LogP contribution in [0.15, 0.2) is 24.3 Å². The standard InChI is InChI=1S/C27H48N2O5/c1-3-4-5-6-7-8-9-10-11-12-13-14-15-16-17-18-25(31)28-21-26(32)29-24-20-19-23(22-30)34-27(24)33-2/h8-9,17-18,23-24,27,30H,3-7,10-16,19-22H2,1-2H3,(H,28,31)(H,29,32)/b9-8-,18-17+. The highest BCUT2D eigenvalue weighted by Crippen LogP contribution is 2.20. The van der Waals surface area contributed by atoms with E-state index in [2.05, 4.69) is 29.7 Å². The maximum absolute atomic E-state index is 12.1. The molecule has 1 aliphatic heterocycles. The van der Waals surface area contributed by atoms with Gasteiger partial charge in [0.15, 0.2) is 6.29 Å². The van der Waals surface area contributed by atoms with Crippen LogP contribution in [-0.2, 0) is 19.1 Å². The van der Waals surface area contributed by atoms with Crippen LogP contribution in [0.2, 0.25) is 0 Å². The highest BCUT2D eigenvalue weighted by atomic mass is 16.7. The smallest absolute Gasteiger partial charge is 0.244 e. The number of nitrogens with one attached hydrogen (secondary N) is 2. The van der Waals surface area contributed by atoms with Gasteiger partial charge in [0.05, 0.1) is 25.3 Å². The Morgan fingerprint density at radius 3 is 2.18 bits per heavy atom. The molecule has 1 rings (SSSR count). The summed E-state index contributed by atoms with van der Waals surface area (Å²) in [5, 5.41) is 14.6. The third-order valence-corrected chi connectivity index (χ3v) is 6.06. The van der Waals surface area contributed by atoms with Crippen molar-refractivity contribution in [3.63, 3.8) is 0 Å². The summed E-state index contributed by atoms with van der Waals surface area (Å²) in [6.45, 7) is 2.08. The molecule has 2 amide bonds. The van der Waals surface area contributed by atoms with E-state index in [4.69, 9.17) is 9.47 Å². The van der Waals surface area contributed by atoms with E-state index in [0.717, 1.165) is 12.8 Å². The van der Waals surface area contributed by atoms with E-state index in [1.165, 1.54) is 77.4 Å². The molecule has 0 bridgehead atoms. The average Bonchev–Trinajstić information content (AvgIpc) is 2.85. The molecule has 1 saturated heterocycles. The number of aliphatic hydroxyl groups excluding tert-OH is 1. The second kappa shape index (κ2) is 20.7. The molecular formula is C27H48N2O5. The molecule has 0 saturated carbocycles. The van der Waals surface area contributed by atoms with Crippen LogP contribution in [-0.4, -0.2) is 55.6 Å². The van der Waals surface area contributed by atoms with Crippen molar-refractivity contribution < 1.29 is 24.2 Å². The highest BCUT2D eigenvalue weighted by Gasteiger charge is 2.31. The van der Waals surface area contributed by atoms with Crippen molar-refractivity contribution in [1.82, 2.24) is 10.6 Å². The average molecular weight is 481 g/mol. The zero-order valence-electron chi connectivity index (χ0n) is 21.4. The van der Waals surface area contributed by atoms with Gasteiger partial charge in [0.25, 0.3) is 0 Å². The van der Waals surface area contributed by atoms with E-state index in [-0.39, 0.29) is 37.1 Å². The number of carbonyl (C=O) groups excluding carboxylic acids is 2. The van der Waals surface area contributed by atoms with Crippen molar-refractivity contribution in [3.8, 4) is 0 Å². The van der Waals surface area contributed by atoms with Crippen molar-refractivity contribution >= 4 is 11.8 Å². The summed E-state index contributed by atoms with van der Waals surface area (Å²) in [6.07, 6.45) is 23.1. The number of amides is 2. The van der Waals surface area contributed by atoms with Gasteiger partial charge in [0, 0.05) is 7.11 Å². The Kier molecular flexibility index (Phi) is 18.4. The normalized spacial score (nSPS) is 20.7. The summed E-state index contributed by atoms with van der Waals surface area (Å²) in [4.78, 5) is 24.0. The fourth-order valence-electron chi connectivity index (χ4n) is 4.00. The molecule has 1 aliphatic rings. The molecule has 7 heteroatoms. The fraction of sp³-hybridized carbons (Fsp3) is 0.778. The molecule has 0 spiro atoms. The van der Waals surface area contributed by atoms with Gasteiger partial charge in [0.2, 0.25) is 11.8 Å². The highest BCUT2D eigenvalue weighted by molar-refractivity contribution is 5.91. The summed E-state index contributed by atoms with van der Waals surface area (Å²) in [7, 11) is 1.50. The predicted molar refractivity (Wildman–Crippen MR) is 136 cm³/mol. The molecule has 1 heterocycles. The Balaban J connectivity index is 2.00. The SMILES string of the molecule is CCCCCC/C=C\CCCCCCC/C=C/C(=O)NCC(=O)NC1CCC(CO)OC1OC. The maximum Gasteiger partial charge on any atom is 0.244 e. The lowest BCUT2D eigenvalue weighted by molar-refractivity contribution is -0.202. The summed E-state index contributed by atoms with van der Waals surface area (Å²) < 4.78 is 10.8. The van der Waals surface area contributed by atoms with Gasteiger partial charge in [-0.2, -0.15) is 0 Å². The van der Waals surface area contributed by atoms with Crippen molar-refractivity contribution in [1.29, 1.82) is 0 Å². The number of hydrogen-bond donors (Lipinski definition) is 3. The minimum Gasteiger partial charge on any atom is -0.394 e. The van der Waals surface area contributed by atoms with Crippen LogP contribution in [0.25, 0.3) is 0 Å². The van der Waals surface area contributed by atoms with Crippen molar-refractivity contribution in [3.05, 3.63) is 24.3 Å². The van der Waals surface area contributed by atoms with E-state index in [1.807, 2.05) is 6.08 Å². The van der Waals surface area contributed by atoms with Gasteiger partial charge in [-0.25, -0.2) is 0 Å². The monoisotopic (exact) mass is 480 g/mol. The molecule has 196 valence electrons. The Hall–Kier alpha value is -1.70. The number of aliphatic hydroxyl groups is 1. The Morgan fingerprint density at radius 1 is 0.941 bits per heavy atom. The van der Waals surface area contributed by atoms with Gasteiger partial charge in [-0.1, -0.05) is 63.7 Å². The second-order valence-corrected chi connectivity index (χ2v) is 9.08. The van der Waals surface area contributed by atoms with Crippen LogP contribution < -0.4 is 10.6 Å². The first-order chi connectivity index (χ1) is 16.6. The summed E-state index contributed by atoms with van der Waals surface area (Å²) >= 11 is 0. The van der Waals surface area contributed by atoms with Crippen LogP contribution in [0.4, 0.5) is 0 Å². The van der Waals surface area contributed by atoms with E-state index in [1.54, 1.807) is 0 Å². The molecular weight excluding hydrogens is 432 g/mol. The van der Waals surface area contributed by atoms with Gasteiger partial charge in [0.1, 0.15) is 0 Å². The number of allylic oxidation sites excluding steroid dienone is 3. The first-order valence-corrected chi connectivity index (χ1v) is 13.3. The molecule has 3 unspecified atom stereocenters. The zero-order valence-corrected chi connectivity index (χ0v) is 21.4. The van der Waals surface area contributed by atoms with Crippen LogP contribution in [0, 0.1) is 0 Å². The van der Waals surface area contributed by atoms with Gasteiger partial charge >= 0.3 is 0 Å². The van der Waals surface area contributed by atoms with Crippen molar-refractivity contribution in [2.75, 3.05) is 20.3 Å². The molecule has 0 aromatic rings. The van der Waals surface area contributed by atoms with Crippen LogP contribution in [0.1, 0.15) is 96.8 Å². The number of rotatable bonds is 19. The first kappa shape index (κ1) is 30.3. The van der Waals surface area contributed by atoms with Gasteiger partial charge in [-0.3, -0.25) is 9.59 Å². The lowest BCUT2D eigenvalue weighted by atomic mass is 10.0. The molecule has 0 aliphatic carbocycles.